The smallest absolute Gasteiger partial charge is 0.261 e. The summed E-state index contributed by atoms with van der Waals surface area (Å²) >= 11 is 2.91. The molecule has 0 saturated carbocycles. The van der Waals surface area contributed by atoms with Gasteiger partial charge in [-0.25, -0.2) is 21.6 Å². The lowest BCUT2D eigenvalue weighted by atomic mass is 10.3. The van der Waals surface area contributed by atoms with Gasteiger partial charge in [-0.15, -0.1) is 23.1 Å². The van der Waals surface area contributed by atoms with Crippen LogP contribution < -0.4 is 10.4 Å². The Kier molecular flexibility index (Phi) is 7.87. The summed E-state index contributed by atoms with van der Waals surface area (Å²) in [5.41, 5.74) is 0.444. The molecule has 1 aromatic carbocycles. The van der Waals surface area contributed by atoms with Crippen LogP contribution in [-0.2, 0) is 19.9 Å². The summed E-state index contributed by atoms with van der Waals surface area (Å²) in [5, 5.41) is 0. The van der Waals surface area contributed by atoms with Crippen molar-refractivity contribution in [2.75, 3.05) is 23.4 Å². The first-order valence-electron chi connectivity index (χ1n) is 10.00. The van der Waals surface area contributed by atoms with Gasteiger partial charge in [-0.2, -0.15) is 4.98 Å². The number of anilines is 1. The molecule has 0 aromatic heterocycles. The monoisotopic (exact) mass is 533 g/mol. The third-order valence-electron chi connectivity index (χ3n) is 4.94. The van der Waals surface area contributed by atoms with Gasteiger partial charge in [-0.3, -0.25) is 13.7 Å². The number of benzene rings is 1. The number of hydrogen-bond acceptors (Lipinski definition) is 8. The van der Waals surface area contributed by atoms with Gasteiger partial charge >= 0.3 is 5.69 Å². The first-order valence-corrected chi connectivity index (χ1v) is 15.2. The van der Waals surface area contributed by atoms with Gasteiger partial charge in [0.2, 0.25) is 0 Å². The van der Waals surface area contributed by atoms with Gasteiger partial charge in [-0.05, 0) is 56.7 Å². The lowest BCUT2D eigenvalue weighted by molar-refractivity contribution is 0.460. The number of aryl methyl sites for hydroxylation is 1. The van der Waals surface area contributed by atoms with Gasteiger partial charge in [0.05, 0.1) is 20.7 Å². The third kappa shape index (κ3) is 5.76. The second kappa shape index (κ2) is 10.1. The molecule has 3 rings (SSSR count). The van der Waals surface area contributed by atoms with Crippen LogP contribution in [0.5, 0.6) is 0 Å². The molecule has 2 heterocycles. The van der Waals surface area contributed by atoms with Crippen molar-refractivity contribution in [1.29, 1.82) is 0 Å². The van der Waals surface area contributed by atoms with Crippen LogP contribution in [0.1, 0.15) is 29.8 Å². The molecular formula is C20H24FN3O5S4. The SMILES string of the molecule is Cc1sc(SCCCCCF)c2c(NS(=O)(=O)c3ccc(S(C)(=O)=O)cc3)nc(=O)n-2c1C. The van der Waals surface area contributed by atoms with Crippen molar-refractivity contribution >= 4 is 48.8 Å². The highest BCUT2D eigenvalue weighted by Gasteiger charge is 2.27. The third-order valence-corrected chi connectivity index (χ3v) is 9.95. The first kappa shape index (κ1) is 25.7. The van der Waals surface area contributed by atoms with Crippen LogP contribution in [0.3, 0.4) is 0 Å². The van der Waals surface area contributed by atoms with Gasteiger partial charge in [0, 0.05) is 16.8 Å². The van der Waals surface area contributed by atoms with Crippen LogP contribution in [0.4, 0.5) is 10.2 Å². The fourth-order valence-electron chi connectivity index (χ4n) is 3.08. The molecule has 0 amide bonds. The Morgan fingerprint density at radius 2 is 1.70 bits per heavy atom. The van der Waals surface area contributed by atoms with Gasteiger partial charge in [0.15, 0.2) is 15.7 Å². The lowest BCUT2D eigenvalue weighted by Gasteiger charge is -2.16. The average Bonchev–Trinajstić information content (AvgIpc) is 3.06. The minimum absolute atomic E-state index is 0.00455. The number of fused-ring (bicyclic) bond motifs is 1. The van der Waals surface area contributed by atoms with Crippen molar-refractivity contribution < 1.29 is 21.2 Å². The number of halogens is 1. The largest absolute Gasteiger partial charge is 0.354 e. The standard InChI is InChI=1S/C20H24FN3O5S4/c1-13-14(2)31-19(30-12-6-4-5-11-21)17-18(22-20(25)24(13)17)23-33(28,29)16-9-7-15(8-10-16)32(3,26)27/h7-10H,4-6,11-12H2,1-3H3,(H,22,23,25). The molecule has 8 nitrogen and oxygen atoms in total. The Labute approximate surface area is 200 Å². The number of rotatable bonds is 10. The molecule has 180 valence electrons. The molecule has 0 aliphatic carbocycles. The number of thioether (sulfide) groups is 1. The van der Waals surface area contributed by atoms with E-state index < -0.39 is 25.6 Å². The van der Waals surface area contributed by atoms with Crippen LogP contribution in [-0.4, -0.2) is 45.1 Å². The Hall–Kier alpha value is -1.96. The molecule has 1 aromatic rings. The molecule has 0 atom stereocenters. The zero-order chi connectivity index (χ0) is 24.4. The maximum absolute atomic E-state index is 13.0. The normalized spacial score (nSPS) is 12.4. The number of imidazole rings is 1. The average molecular weight is 534 g/mol. The van der Waals surface area contributed by atoms with Crippen molar-refractivity contribution in [3.8, 4) is 5.69 Å². The van der Waals surface area contributed by atoms with Crippen LogP contribution >= 0.6 is 23.1 Å². The minimum atomic E-state index is -4.13. The highest BCUT2D eigenvalue weighted by molar-refractivity contribution is 8.01. The van der Waals surface area contributed by atoms with Crippen molar-refractivity contribution in [3.63, 3.8) is 0 Å². The van der Waals surface area contributed by atoms with E-state index in [-0.39, 0.29) is 22.3 Å². The number of sulfonamides is 1. The number of nitrogens with zero attached hydrogens (tertiary/aromatic N) is 2. The molecule has 0 unspecified atom stereocenters. The van der Waals surface area contributed by atoms with E-state index in [1.165, 1.54) is 51.9 Å². The van der Waals surface area contributed by atoms with E-state index in [2.05, 4.69) is 9.71 Å². The van der Waals surface area contributed by atoms with E-state index in [9.17, 15) is 26.0 Å². The molecule has 33 heavy (non-hydrogen) atoms. The lowest BCUT2D eigenvalue weighted by Crippen LogP contribution is -2.17. The molecule has 1 N–H and O–H groups in total. The molecular weight excluding hydrogens is 510 g/mol. The predicted molar refractivity (Wildman–Crippen MR) is 129 cm³/mol. The molecule has 2 aliphatic heterocycles. The number of sulfone groups is 1. The Bertz CT molecular complexity index is 1380. The summed E-state index contributed by atoms with van der Waals surface area (Å²) in [6, 6.07) is 4.80. The van der Waals surface area contributed by atoms with Gasteiger partial charge in [0.25, 0.3) is 10.0 Å². The fraction of sp³-hybridized carbons (Fsp3) is 0.400. The molecule has 0 radical (unpaired) electrons. The molecule has 0 fully saturated rings. The molecule has 13 heteroatoms. The maximum Gasteiger partial charge on any atom is 0.354 e. The maximum atomic E-state index is 13.0. The summed E-state index contributed by atoms with van der Waals surface area (Å²) in [7, 11) is -7.61. The second-order valence-electron chi connectivity index (χ2n) is 7.41. The predicted octanol–water partition coefficient (Wildman–Crippen LogP) is 3.78. The highest BCUT2D eigenvalue weighted by Crippen LogP contribution is 2.38. The summed E-state index contributed by atoms with van der Waals surface area (Å²) in [5.74, 6) is 0.602. The molecule has 0 bridgehead atoms. The molecule has 2 aliphatic rings. The van der Waals surface area contributed by atoms with Crippen LogP contribution in [0.25, 0.3) is 5.69 Å². The van der Waals surface area contributed by atoms with E-state index in [4.69, 9.17) is 0 Å². The Morgan fingerprint density at radius 3 is 2.30 bits per heavy atom. The summed E-state index contributed by atoms with van der Waals surface area (Å²) in [6.45, 7) is 3.28. The number of hydrogen-bond donors (Lipinski definition) is 1. The van der Waals surface area contributed by atoms with E-state index in [1.54, 1.807) is 6.92 Å². The fourth-order valence-corrected chi connectivity index (χ4v) is 7.24. The summed E-state index contributed by atoms with van der Waals surface area (Å²) < 4.78 is 66.1. The zero-order valence-electron chi connectivity index (χ0n) is 18.3. The van der Waals surface area contributed by atoms with Crippen molar-refractivity contribution in [1.82, 2.24) is 9.55 Å². The summed E-state index contributed by atoms with van der Waals surface area (Å²) in [6.07, 6.45) is 3.05. The molecule has 0 spiro atoms. The Balaban J connectivity index is 1.98. The zero-order valence-corrected chi connectivity index (χ0v) is 21.6. The second-order valence-corrected chi connectivity index (χ2v) is 13.7. The van der Waals surface area contributed by atoms with Crippen LogP contribution in [0.15, 0.2) is 43.1 Å². The van der Waals surface area contributed by atoms with Crippen LogP contribution in [0.2, 0.25) is 0 Å². The van der Waals surface area contributed by atoms with E-state index in [0.29, 0.717) is 23.6 Å². The quantitative estimate of drug-likeness (QED) is 0.311. The topological polar surface area (TPSA) is 115 Å². The summed E-state index contributed by atoms with van der Waals surface area (Å²) in [4.78, 5) is 17.3. The van der Waals surface area contributed by atoms with Gasteiger partial charge in [0.1, 0.15) is 5.69 Å². The number of aromatic nitrogens is 2. The van der Waals surface area contributed by atoms with E-state index in [1.807, 2.05) is 6.92 Å². The highest BCUT2D eigenvalue weighted by atomic mass is 32.2. The number of nitrogens with one attached hydrogen (secondary N) is 1. The van der Waals surface area contributed by atoms with E-state index >= 15 is 0 Å². The number of unbranched alkanes of at least 4 members (excludes halogenated alkanes) is 2. The minimum Gasteiger partial charge on any atom is -0.261 e. The first-order chi connectivity index (χ1) is 15.5. The van der Waals surface area contributed by atoms with Gasteiger partial charge in [-0.1, -0.05) is 6.42 Å². The van der Waals surface area contributed by atoms with Crippen molar-refractivity contribution in [3.05, 3.63) is 45.3 Å². The van der Waals surface area contributed by atoms with Gasteiger partial charge < -0.3 is 0 Å². The van der Waals surface area contributed by atoms with Crippen molar-refractivity contribution in [2.24, 2.45) is 0 Å². The van der Waals surface area contributed by atoms with E-state index in [0.717, 1.165) is 28.2 Å². The Morgan fingerprint density at radius 1 is 1.06 bits per heavy atom. The van der Waals surface area contributed by atoms with Crippen LogP contribution in [0, 0.1) is 13.8 Å². The molecule has 0 saturated heterocycles. The van der Waals surface area contributed by atoms with Crippen molar-refractivity contribution in [2.45, 2.75) is 47.1 Å². The number of alkyl halides is 1.